The Morgan fingerprint density at radius 2 is 1.81 bits per heavy atom. The Morgan fingerprint density at radius 1 is 1.14 bits per heavy atom. The Hall–Kier alpha value is -1.81. The van der Waals surface area contributed by atoms with Crippen LogP contribution in [0, 0.1) is 0 Å². The minimum Gasteiger partial charge on any atom is -0.486 e. The normalized spacial score (nSPS) is 11.6. The highest BCUT2D eigenvalue weighted by molar-refractivity contribution is 5.23. The van der Waals surface area contributed by atoms with Crippen LogP contribution in [0.25, 0.3) is 0 Å². The molecule has 1 heterocycles. The van der Waals surface area contributed by atoms with Gasteiger partial charge in [-0.25, -0.2) is 0 Å². The summed E-state index contributed by atoms with van der Waals surface area (Å²) in [5.41, 5.74) is 2.69. The van der Waals surface area contributed by atoms with E-state index in [0.717, 1.165) is 18.7 Å². The van der Waals surface area contributed by atoms with Crippen LogP contribution in [0.5, 0.6) is 5.75 Å². The maximum atomic E-state index is 5.68. The van der Waals surface area contributed by atoms with E-state index >= 15 is 0 Å². The minimum atomic E-state index is 0.178. The van der Waals surface area contributed by atoms with Crippen LogP contribution in [0.15, 0.2) is 36.7 Å². The van der Waals surface area contributed by atoms with Crippen LogP contribution in [-0.2, 0) is 20.1 Å². The summed E-state index contributed by atoms with van der Waals surface area (Å²) in [6, 6.07) is 8.60. The number of rotatable bonds is 6. The quantitative estimate of drug-likeness (QED) is 0.888. The van der Waals surface area contributed by atoms with Crippen LogP contribution in [0.4, 0.5) is 0 Å². The number of aryl methyl sites for hydroxylation is 1. The third kappa shape index (κ3) is 5.60. The third-order valence-corrected chi connectivity index (χ3v) is 3.18. The van der Waals surface area contributed by atoms with Gasteiger partial charge >= 0.3 is 0 Å². The predicted octanol–water partition coefficient (Wildman–Crippen LogP) is 2.93. The lowest BCUT2D eigenvalue weighted by molar-refractivity contribution is 0.306. The molecule has 0 unspecified atom stereocenters. The van der Waals surface area contributed by atoms with Gasteiger partial charge < -0.3 is 10.1 Å². The van der Waals surface area contributed by atoms with Crippen LogP contribution in [0.2, 0.25) is 0 Å². The molecule has 0 aliphatic heterocycles. The standard InChI is InChI=1S/C17H25N3O/c1-17(2,3)18-10-9-14-5-7-15(8-6-14)13-21-16-11-19-20(4)12-16/h5-8,11-12,18H,9-10,13H2,1-4H3. The van der Waals surface area contributed by atoms with Crippen molar-refractivity contribution < 1.29 is 4.74 Å². The maximum absolute atomic E-state index is 5.68. The Kier molecular flexibility index (Phi) is 5.02. The Morgan fingerprint density at radius 3 is 2.38 bits per heavy atom. The highest BCUT2D eigenvalue weighted by Crippen LogP contribution is 2.12. The smallest absolute Gasteiger partial charge is 0.157 e. The van der Waals surface area contributed by atoms with Crippen LogP contribution >= 0.6 is 0 Å². The van der Waals surface area contributed by atoms with Gasteiger partial charge in [0.25, 0.3) is 0 Å². The number of aromatic nitrogens is 2. The zero-order chi connectivity index (χ0) is 15.3. The zero-order valence-corrected chi connectivity index (χ0v) is 13.4. The highest BCUT2D eigenvalue weighted by atomic mass is 16.5. The Bertz CT molecular complexity index is 552. The molecule has 2 rings (SSSR count). The molecular formula is C17H25N3O. The van der Waals surface area contributed by atoms with Crippen molar-refractivity contribution in [1.29, 1.82) is 0 Å². The van der Waals surface area contributed by atoms with E-state index in [2.05, 4.69) is 55.5 Å². The van der Waals surface area contributed by atoms with Crippen LogP contribution < -0.4 is 10.1 Å². The van der Waals surface area contributed by atoms with E-state index in [1.807, 2.05) is 13.2 Å². The van der Waals surface area contributed by atoms with E-state index in [1.165, 1.54) is 11.1 Å². The lowest BCUT2D eigenvalue weighted by Crippen LogP contribution is -2.37. The summed E-state index contributed by atoms with van der Waals surface area (Å²) in [7, 11) is 1.88. The first-order valence-corrected chi connectivity index (χ1v) is 7.37. The first-order valence-electron chi connectivity index (χ1n) is 7.37. The molecule has 114 valence electrons. The molecule has 0 radical (unpaired) electrons. The zero-order valence-electron chi connectivity index (χ0n) is 13.4. The van der Waals surface area contributed by atoms with Gasteiger partial charge in [-0.3, -0.25) is 4.68 Å². The van der Waals surface area contributed by atoms with Gasteiger partial charge in [-0.1, -0.05) is 24.3 Å². The van der Waals surface area contributed by atoms with Crippen LogP contribution in [-0.4, -0.2) is 21.9 Å². The molecule has 0 bridgehead atoms. The van der Waals surface area contributed by atoms with Crippen molar-refractivity contribution >= 4 is 0 Å². The van der Waals surface area contributed by atoms with Crippen molar-refractivity contribution in [2.45, 2.75) is 39.3 Å². The van der Waals surface area contributed by atoms with Gasteiger partial charge in [0.1, 0.15) is 6.61 Å². The number of hydrogen-bond acceptors (Lipinski definition) is 3. The second-order valence-electron chi connectivity index (χ2n) is 6.38. The lowest BCUT2D eigenvalue weighted by atomic mass is 10.1. The summed E-state index contributed by atoms with van der Waals surface area (Å²) in [5.74, 6) is 0.802. The predicted molar refractivity (Wildman–Crippen MR) is 85.4 cm³/mol. The van der Waals surface area contributed by atoms with Crippen molar-refractivity contribution in [2.75, 3.05) is 6.54 Å². The molecule has 0 spiro atoms. The monoisotopic (exact) mass is 287 g/mol. The highest BCUT2D eigenvalue weighted by Gasteiger charge is 2.07. The van der Waals surface area contributed by atoms with Crippen molar-refractivity contribution in [3.8, 4) is 5.75 Å². The Labute approximate surface area is 127 Å². The van der Waals surface area contributed by atoms with Crippen molar-refractivity contribution in [3.63, 3.8) is 0 Å². The Balaban J connectivity index is 1.79. The van der Waals surface area contributed by atoms with E-state index in [9.17, 15) is 0 Å². The van der Waals surface area contributed by atoms with Gasteiger partial charge in [-0.15, -0.1) is 0 Å². The van der Waals surface area contributed by atoms with E-state index in [1.54, 1.807) is 10.9 Å². The third-order valence-electron chi connectivity index (χ3n) is 3.18. The summed E-state index contributed by atoms with van der Waals surface area (Å²) in [6.45, 7) is 8.13. The fraction of sp³-hybridized carbons (Fsp3) is 0.471. The summed E-state index contributed by atoms with van der Waals surface area (Å²) < 4.78 is 7.42. The van der Waals surface area contributed by atoms with Crippen molar-refractivity contribution in [1.82, 2.24) is 15.1 Å². The summed E-state index contributed by atoms with van der Waals surface area (Å²) in [4.78, 5) is 0. The molecule has 0 amide bonds. The molecule has 0 aliphatic rings. The maximum Gasteiger partial charge on any atom is 0.157 e. The number of hydrogen-bond donors (Lipinski definition) is 1. The molecule has 21 heavy (non-hydrogen) atoms. The van der Waals surface area contributed by atoms with Crippen LogP contribution in [0.1, 0.15) is 31.9 Å². The summed E-state index contributed by atoms with van der Waals surface area (Å²) in [6.07, 6.45) is 4.64. The number of nitrogens with zero attached hydrogens (tertiary/aromatic N) is 2. The molecule has 1 aromatic carbocycles. The summed E-state index contributed by atoms with van der Waals surface area (Å²) >= 11 is 0. The second-order valence-corrected chi connectivity index (χ2v) is 6.38. The average molecular weight is 287 g/mol. The lowest BCUT2D eigenvalue weighted by Gasteiger charge is -2.20. The van der Waals surface area contributed by atoms with Gasteiger partial charge in [0.05, 0.1) is 12.4 Å². The summed E-state index contributed by atoms with van der Waals surface area (Å²) in [5, 5.41) is 7.58. The van der Waals surface area contributed by atoms with E-state index < -0.39 is 0 Å². The van der Waals surface area contributed by atoms with Gasteiger partial charge in [0.15, 0.2) is 5.75 Å². The second kappa shape index (κ2) is 6.76. The van der Waals surface area contributed by atoms with Gasteiger partial charge in [0, 0.05) is 12.6 Å². The van der Waals surface area contributed by atoms with Gasteiger partial charge in [0.2, 0.25) is 0 Å². The van der Waals surface area contributed by atoms with Crippen molar-refractivity contribution in [3.05, 3.63) is 47.8 Å². The van der Waals surface area contributed by atoms with E-state index in [4.69, 9.17) is 4.74 Å². The molecular weight excluding hydrogens is 262 g/mol. The van der Waals surface area contributed by atoms with Crippen LogP contribution in [0.3, 0.4) is 0 Å². The fourth-order valence-corrected chi connectivity index (χ4v) is 2.02. The largest absolute Gasteiger partial charge is 0.486 e. The van der Waals surface area contributed by atoms with E-state index in [-0.39, 0.29) is 5.54 Å². The average Bonchev–Trinajstić information content (AvgIpc) is 2.82. The van der Waals surface area contributed by atoms with E-state index in [0.29, 0.717) is 6.61 Å². The molecule has 4 nitrogen and oxygen atoms in total. The molecule has 2 aromatic rings. The molecule has 4 heteroatoms. The number of benzene rings is 1. The molecule has 0 saturated heterocycles. The van der Waals surface area contributed by atoms with Gasteiger partial charge in [-0.2, -0.15) is 5.10 Å². The SMILES string of the molecule is Cn1cc(OCc2ccc(CCNC(C)(C)C)cc2)cn1. The molecule has 0 atom stereocenters. The number of ether oxygens (including phenoxy) is 1. The first-order chi connectivity index (χ1) is 9.92. The number of nitrogens with one attached hydrogen (secondary N) is 1. The first kappa shape index (κ1) is 15.6. The molecule has 0 fully saturated rings. The topological polar surface area (TPSA) is 39.1 Å². The molecule has 1 N–H and O–H groups in total. The minimum absolute atomic E-state index is 0.178. The molecule has 0 aliphatic carbocycles. The molecule has 0 saturated carbocycles. The van der Waals surface area contributed by atoms with Crippen molar-refractivity contribution in [2.24, 2.45) is 7.05 Å². The van der Waals surface area contributed by atoms with Gasteiger partial charge in [-0.05, 0) is 44.9 Å². The fourth-order valence-electron chi connectivity index (χ4n) is 2.02. The molecule has 1 aromatic heterocycles.